The number of benzene rings is 1. The highest BCUT2D eigenvalue weighted by molar-refractivity contribution is 7.98. The van der Waals surface area contributed by atoms with Crippen molar-refractivity contribution in [2.24, 2.45) is 0 Å². The number of aryl methyl sites for hydroxylation is 1. The molecule has 2 atom stereocenters. The largest absolute Gasteiger partial charge is 0.360 e. The summed E-state index contributed by atoms with van der Waals surface area (Å²) in [7, 11) is 0. The molecule has 0 aliphatic carbocycles. The van der Waals surface area contributed by atoms with Crippen molar-refractivity contribution in [1.82, 2.24) is 19.9 Å². The van der Waals surface area contributed by atoms with Crippen molar-refractivity contribution in [3.05, 3.63) is 46.2 Å². The van der Waals surface area contributed by atoms with Gasteiger partial charge in [0.05, 0.1) is 23.4 Å². The Kier molecular flexibility index (Phi) is 5.51. The summed E-state index contributed by atoms with van der Waals surface area (Å²) in [5.74, 6) is 1.06. The molecule has 5 nitrogen and oxygen atoms in total. The number of ether oxygens (including phenoxy) is 1. The topological polar surface area (TPSA) is 43.2 Å². The molecule has 1 spiro atoms. The zero-order chi connectivity index (χ0) is 19.9. The first-order valence-corrected chi connectivity index (χ1v) is 11.7. The zero-order valence-electron chi connectivity index (χ0n) is 17.1. The van der Waals surface area contributed by atoms with E-state index in [0.717, 1.165) is 48.9 Å². The van der Waals surface area contributed by atoms with Crippen molar-refractivity contribution < 1.29 is 4.74 Å². The number of aromatic nitrogens is 3. The summed E-state index contributed by atoms with van der Waals surface area (Å²) in [4.78, 5) is 2.49. The smallest absolute Gasteiger partial charge is 0.0974 e. The van der Waals surface area contributed by atoms with Gasteiger partial charge in [-0.05, 0) is 63.1 Å². The highest BCUT2D eigenvalue weighted by Crippen LogP contribution is 2.53. The van der Waals surface area contributed by atoms with Crippen molar-refractivity contribution >= 4 is 23.4 Å². The van der Waals surface area contributed by atoms with E-state index in [-0.39, 0.29) is 11.2 Å². The first kappa shape index (κ1) is 20.2. The molecule has 0 amide bonds. The molecule has 152 valence electrons. The lowest BCUT2D eigenvalue weighted by Crippen LogP contribution is -2.48. The van der Waals surface area contributed by atoms with Gasteiger partial charge in [-0.3, -0.25) is 9.58 Å². The highest BCUT2D eigenvalue weighted by Gasteiger charge is 2.51. The van der Waals surface area contributed by atoms with E-state index in [9.17, 15) is 0 Å². The van der Waals surface area contributed by atoms with Gasteiger partial charge in [0.15, 0.2) is 0 Å². The van der Waals surface area contributed by atoms with E-state index in [4.69, 9.17) is 16.3 Å². The number of thioether (sulfide) groups is 1. The maximum Gasteiger partial charge on any atom is 0.0974 e. The number of halogens is 1. The SMILES string of the molecule is CSCCn1cc(CN2CCC3(C[C@@H]2C)OC(C)(C)c2ccc(Cl)cc23)nn1. The van der Waals surface area contributed by atoms with E-state index in [1.165, 1.54) is 11.1 Å². The summed E-state index contributed by atoms with van der Waals surface area (Å²) in [6.45, 7) is 9.34. The Hall–Kier alpha value is -1.08. The second-order valence-corrected chi connectivity index (χ2v) is 9.96. The summed E-state index contributed by atoms with van der Waals surface area (Å²) in [5.41, 5.74) is 3.08. The minimum Gasteiger partial charge on any atom is -0.360 e. The van der Waals surface area contributed by atoms with Crippen LogP contribution in [0.15, 0.2) is 24.4 Å². The molecule has 0 N–H and O–H groups in total. The number of nitrogens with zero attached hydrogens (tertiary/aromatic N) is 4. The lowest BCUT2D eigenvalue weighted by molar-refractivity contribution is -0.159. The molecule has 1 aromatic carbocycles. The summed E-state index contributed by atoms with van der Waals surface area (Å²) in [6.07, 6.45) is 6.12. The van der Waals surface area contributed by atoms with Crippen LogP contribution in [0, 0.1) is 0 Å². The summed E-state index contributed by atoms with van der Waals surface area (Å²) in [5, 5.41) is 9.42. The fraction of sp³-hybridized carbons (Fsp3) is 0.619. The average molecular weight is 421 g/mol. The third-order valence-corrected chi connectivity index (χ3v) is 6.92. The molecule has 2 aliphatic heterocycles. The van der Waals surface area contributed by atoms with Crippen LogP contribution >= 0.6 is 23.4 Å². The van der Waals surface area contributed by atoms with Gasteiger partial charge in [-0.15, -0.1) is 5.10 Å². The van der Waals surface area contributed by atoms with Gasteiger partial charge in [0.25, 0.3) is 0 Å². The van der Waals surface area contributed by atoms with Gasteiger partial charge < -0.3 is 4.74 Å². The quantitative estimate of drug-likeness (QED) is 0.715. The predicted octanol–water partition coefficient (Wildman–Crippen LogP) is 4.44. The monoisotopic (exact) mass is 420 g/mol. The van der Waals surface area contributed by atoms with Crippen LogP contribution in [0.4, 0.5) is 0 Å². The van der Waals surface area contributed by atoms with Crippen LogP contribution in [0.3, 0.4) is 0 Å². The molecule has 3 heterocycles. The van der Waals surface area contributed by atoms with Gasteiger partial charge in [0.2, 0.25) is 0 Å². The van der Waals surface area contributed by atoms with E-state index in [1.54, 1.807) is 0 Å². The molecule has 7 heteroatoms. The molecule has 0 radical (unpaired) electrons. The number of rotatable bonds is 5. The van der Waals surface area contributed by atoms with Crippen LogP contribution in [0.1, 0.15) is 50.4 Å². The second kappa shape index (κ2) is 7.63. The molecule has 0 saturated carbocycles. The zero-order valence-corrected chi connectivity index (χ0v) is 18.7. The molecule has 28 heavy (non-hydrogen) atoms. The fourth-order valence-corrected chi connectivity index (χ4v) is 5.30. The third-order valence-electron chi connectivity index (χ3n) is 6.10. The molecule has 2 aromatic rings. The van der Waals surface area contributed by atoms with Gasteiger partial charge in [0.1, 0.15) is 0 Å². The van der Waals surface area contributed by atoms with Crippen LogP contribution in [-0.2, 0) is 29.0 Å². The fourth-order valence-electron chi connectivity index (χ4n) is 4.76. The van der Waals surface area contributed by atoms with Crippen molar-refractivity contribution in [1.29, 1.82) is 0 Å². The maximum atomic E-state index is 6.70. The van der Waals surface area contributed by atoms with Crippen LogP contribution in [0.25, 0.3) is 0 Å². The highest BCUT2D eigenvalue weighted by atomic mass is 35.5. The Morgan fingerprint density at radius 3 is 2.89 bits per heavy atom. The number of likely N-dealkylation sites (tertiary alicyclic amines) is 1. The minimum absolute atomic E-state index is 0.240. The predicted molar refractivity (Wildman–Crippen MR) is 115 cm³/mol. The Morgan fingerprint density at radius 2 is 2.14 bits per heavy atom. The van der Waals surface area contributed by atoms with Crippen molar-refractivity contribution in [2.75, 3.05) is 18.6 Å². The average Bonchev–Trinajstić information content (AvgIpc) is 3.16. The Balaban J connectivity index is 1.49. The number of piperidine rings is 1. The molecular formula is C21H29ClN4OS. The molecule has 1 aromatic heterocycles. The number of hydrogen-bond acceptors (Lipinski definition) is 5. The second-order valence-electron chi connectivity index (χ2n) is 8.54. The third kappa shape index (κ3) is 3.72. The van der Waals surface area contributed by atoms with E-state index in [1.807, 2.05) is 22.5 Å². The first-order valence-electron chi connectivity index (χ1n) is 9.96. The summed E-state index contributed by atoms with van der Waals surface area (Å²) in [6, 6.07) is 6.62. The maximum absolute atomic E-state index is 6.70. The van der Waals surface area contributed by atoms with Crippen molar-refractivity contribution in [3.63, 3.8) is 0 Å². The van der Waals surface area contributed by atoms with E-state index >= 15 is 0 Å². The lowest BCUT2D eigenvalue weighted by Gasteiger charge is -2.44. The molecule has 1 saturated heterocycles. The Labute approximate surface area is 176 Å². The molecule has 2 aliphatic rings. The Morgan fingerprint density at radius 1 is 1.32 bits per heavy atom. The van der Waals surface area contributed by atoms with Gasteiger partial charge in [0, 0.05) is 36.1 Å². The standard InChI is InChI=1S/C21H29ClN4OS/c1-15-12-21(19-11-16(22)5-6-18(19)20(2,3)27-21)7-8-25(15)13-17-14-26(24-23-17)9-10-28-4/h5-6,11,14-15H,7-10,12-13H2,1-4H3/t15-,21?/m0/s1. The summed E-state index contributed by atoms with van der Waals surface area (Å²) >= 11 is 8.17. The molecule has 4 rings (SSSR count). The molecular weight excluding hydrogens is 392 g/mol. The van der Waals surface area contributed by atoms with Gasteiger partial charge in [-0.2, -0.15) is 11.8 Å². The van der Waals surface area contributed by atoms with Crippen LogP contribution in [-0.4, -0.2) is 44.5 Å². The van der Waals surface area contributed by atoms with Crippen LogP contribution in [0.5, 0.6) is 0 Å². The minimum atomic E-state index is -0.276. The van der Waals surface area contributed by atoms with Gasteiger partial charge in [-0.1, -0.05) is 22.9 Å². The normalized spacial score (nSPS) is 26.7. The van der Waals surface area contributed by atoms with Crippen molar-refractivity contribution in [2.45, 2.75) is 63.9 Å². The number of fused-ring (bicyclic) bond motifs is 2. The van der Waals surface area contributed by atoms with Gasteiger partial charge >= 0.3 is 0 Å². The molecule has 1 unspecified atom stereocenters. The molecule has 1 fully saturated rings. The van der Waals surface area contributed by atoms with E-state index in [2.05, 4.69) is 60.6 Å². The van der Waals surface area contributed by atoms with Gasteiger partial charge in [-0.25, -0.2) is 0 Å². The lowest BCUT2D eigenvalue weighted by atomic mass is 9.80. The van der Waals surface area contributed by atoms with Crippen LogP contribution in [0.2, 0.25) is 5.02 Å². The van der Waals surface area contributed by atoms with Crippen LogP contribution < -0.4 is 0 Å². The van der Waals surface area contributed by atoms with E-state index in [0.29, 0.717) is 6.04 Å². The first-order chi connectivity index (χ1) is 13.3. The van der Waals surface area contributed by atoms with E-state index < -0.39 is 0 Å². The summed E-state index contributed by atoms with van der Waals surface area (Å²) < 4.78 is 8.65. The number of hydrogen-bond donors (Lipinski definition) is 0. The molecule has 0 bridgehead atoms. The van der Waals surface area contributed by atoms with Crippen molar-refractivity contribution in [3.8, 4) is 0 Å². The Bertz CT molecular complexity index is 855.